The lowest BCUT2D eigenvalue weighted by atomic mass is 10.2. The van der Waals surface area contributed by atoms with E-state index in [2.05, 4.69) is 15.6 Å². The van der Waals surface area contributed by atoms with Crippen molar-refractivity contribution in [3.63, 3.8) is 0 Å². The maximum absolute atomic E-state index is 14.2. The number of carbonyl (C=O) groups is 2. The van der Waals surface area contributed by atoms with Gasteiger partial charge in [0.25, 0.3) is 11.8 Å². The molecule has 31 heavy (non-hydrogen) atoms. The molecule has 0 radical (unpaired) electrons. The lowest BCUT2D eigenvalue weighted by Gasteiger charge is -2.09. The minimum atomic E-state index is -0.628. The summed E-state index contributed by atoms with van der Waals surface area (Å²) in [6, 6.07) is 9.06. The molecule has 0 aliphatic heterocycles. The highest BCUT2D eigenvalue weighted by Crippen LogP contribution is 2.30. The van der Waals surface area contributed by atoms with Gasteiger partial charge in [-0.3, -0.25) is 9.59 Å². The van der Waals surface area contributed by atoms with Crippen LogP contribution < -0.4 is 10.6 Å². The zero-order valence-electron chi connectivity index (χ0n) is 16.9. The van der Waals surface area contributed by atoms with Gasteiger partial charge in [0.15, 0.2) is 10.8 Å². The number of rotatable bonds is 5. The van der Waals surface area contributed by atoms with E-state index in [0.717, 1.165) is 5.76 Å². The third kappa shape index (κ3) is 4.26. The van der Waals surface area contributed by atoms with Crippen molar-refractivity contribution in [2.24, 2.45) is 0 Å². The van der Waals surface area contributed by atoms with Crippen molar-refractivity contribution >= 4 is 34.5 Å². The van der Waals surface area contributed by atoms with Crippen LogP contribution in [0, 0.1) is 26.6 Å². The van der Waals surface area contributed by atoms with Crippen LogP contribution in [0.3, 0.4) is 0 Å². The van der Waals surface area contributed by atoms with E-state index in [1.807, 2.05) is 13.0 Å². The highest BCUT2D eigenvalue weighted by Gasteiger charge is 2.19. The maximum Gasteiger partial charge on any atom is 0.267 e. The van der Waals surface area contributed by atoms with Crippen LogP contribution in [0.5, 0.6) is 0 Å². The molecule has 158 valence electrons. The smallest absolute Gasteiger partial charge is 0.267 e. The van der Waals surface area contributed by atoms with Crippen LogP contribution in [0.2, 0.25) is 0 Å². The number of hydrogen-bond acceptors (Lipinski definition) is 6. The number of nitrogens with one attached hydrogen (secondary N) is 2. The summed E-state index contributed by atoms with van der Waals surface area (Å²) in [5.74, 6) is 0.235. The first kappa shape index (κ1) is 20.5. The standard InChI is InChI=1S/C22H18FN3O4S/c1-11-4-7-18(30-11)22-24-12(2)19(31-22)21(28)25-14-5-6-16(23)17(10-14)26-20(27)15-8-9-29-13(15)3/h4-10H,1-3H3,(H,25,28)(H,26,27). The van der Waals surface area contributed by atoms with Crippen LogP contribution >= 0.6 is 11.3 Å². The van der Waals surface area contributed by atoms with Gasteiger partial charge in [-0.25, -0.2) is 9.37 Å². The topological polar surface area (TPSA) is 97.4 Å². The number of halogens is 1. The molecule has 0 saturated heterocycles. The first-order valence-electron chi connectivity index (χ1n) is 9.32. The van der Waals surface area contributed by atoms with Crippen molar-refractivity contribution in [3.8, 4) is 10.8 Å². The molecule has 2 N–H and O–H groups in total. The molecule has 0 atom stereocenters. The fraction of sp³-hybridized carbons (Fsp3) is 0.136. The Balaban J connectivity index is 1.53. The first-order valence-corrected chi connectivity index (χ1v) is 10.1. The van der Waals surface area contributed by atoms with E-state index >= 15 is 0 Å². The van der Waals surface area contributed by atoms with Crippen molar-refractivity contribution in [1.29, 1.82) is 0 Å². The van der Waals surface area contributed by atoms with Gasteiger partial charge in [-0.15, -0.1) is 11.3 Å². The summed E-state index contributed by atoms with van der Waals surface area (Å²) >= 11 is 1.20. The summed E-state index contributed by atoms with van der Waals surface area (Å²) in [5, 5.41) is 5.81. The van der Waals surface area contributed by atoms with E-state index in [0.29, 0.717) is 38.4 Å². The number of carbonyl (C=O) groups excluding carboxylic acids is 2. The third-order valence-electron chi connectivity index (χ3n) is 4.53. The average Bonchev–Trinajstić information content (AvgIpc) is 3.44. The summed E-state index contributed by atoms with van der Waals surface area (Å²) in [6.45, 7) is 5.20. The first-order chi connectivity index (χ1) is 14.8. The normalized spacial score (nSPS) is 10.8. The fourth-order valence-electron chi connectivity index (χ4n) is 2.96. The lowest BCUT2D eigenvalue weighted by molar-refractivity contribution is 0.101. The summed E-state index contributed by atoms with van der Waals surface area (Å²) in [7, 11) is 0. The van der Waals surface area contributed by atoms with Crippen molar-refractivity contribution in [2.75, 3.05) is 10.6 Å². The lowest BCUT2D eigenvalue weighted by Crippen LogP contribution is -2.15. The summed E-state index contributed by atoms with van der Waals surface area (Å²) in [6.07, 6.45) is 1.38. The van der Waals surface area contributed by atoms with Gasteiger partial charge in [0.2, 0.25) is 0 Å². The summed E-state index contributed by atoms with van der Waals surface area (Å²) in [4.78, 5) is 29.9. The minimum Gasteiger partial charge on any atom is -0.469 e. The van der Waals surface area contributed by atoms with E-state index in [9.17, 15) is 14.0 Å². The molecule has 9 heteroatoms. The Morgan fingerprint density at radius 2 is 1.84 bits per heavy atom. The Kier molecular flexibility index (Phi) is 5.43. The largest absolute Gasteiger partial charge is 0.469 e. The Labute approximate surface area is 180 Å². The Bertz CT molecular complexity index is 1290. The molecule has 0 fully saturated rings. The number of anilines is 2. The number of aryl methyl sites for hydroxylation is 3. The molecular formula is C22H18FN3O4S. The van der Waals surface area contributed by atoms with Crippen LogP contribution in [-0.4, -0.2) is 16.8 Å². The molecule has 3 aromatic heterocycles. The summed E-state index contributed by atoms with van der Waals surface area (Å²) < 4.78 is 24.9. The number of furan rings is 2. The highest BCUT2D eigenvalue weighted by atomic mass is 32.1. The van der Waals surface area contributed by atoms with E-state index < -0.39 is 11.7 Å². The number of aromatic nitrogens is 1. The predicted molar refractivity (Wildman–Crippen MR) is 115 cm³/mol. The second kappa shape index (κ2) is 8.19. The van der Waals surface area contributed by atoms with Crippen molar-refractivity contribution < 1.29 is 22.8 Å². The highest BCUT2D eigenvalue weighted by molar-refractivity contribution is 7.17. The number of nitrogens with zero attached hydrogens (tertiary/aromatic N) is 1. The van der Waals surface area contributed by atoms with Gasteiger partial charge in [0.05, 0.1) is 23.2 Å². The van der Waals surface area contributed by atoms with Crippen LogP contribution in [0.1, 0.15) is 37.2 Å². The number of thiazole rings is 1. The molecular weight excluding hydrogens is 421 g/mol. The Morgan fingerprint density at radius 1 is 1.03 bits per heavy atom. The molecule has 0 aliphatic rings. The minimum absolute atomic E-state index is 0.0591. The van der Waals surface area contributed by atoms with Gasteiger partial charge in [-0.1, -0.05) is 0 Å². The fourth-order valence-corrected chi connectivity index (χ4v) is 3.88. The number of amides is 2. The Hall–Kier alpha value is -3.72. The molecule has 0 aliphatic carbocycles. The zero-order chi connectivity index (χ0) is 22.1. The number of hydrogen-bond donors (Lipinski definition) is 2. The SMILES string of the molecule is Cc1ccc(-c2nc(C)c(C(=O)Nc3ccc(F)c(NC(=O)c4ccoc4C)c3)s2)o1. The maximum atomic E-state index is 14.2. The van der Waals surface area contributed by atoms with Crippen LogP contribution in [-0.2, 0) is 0 Å². The van der Waals surface area contributed by atoms with Gasteiger partial charge < -0.3 is 19.5 Å². The molecule has 0 unspecified atom stereocenters. The van der Waals surface area contributed by atoms with E-state index in [4.69, 9.17) is 8.83 Å². The molecule has 3 heterocycles. The van der Waals surface area contributed by atoms with Crippen molar-refractivity contribution in [1.82, 2.24) is 4.98 Å². The molecule has 0 bridgehead atoms. The zero-order valence-corrected chi connectivity index (χ0v) is 17.7. The van der Waals surface area contributed by atoms with Gasteiger partial charge in [-0.2, -0.15) is 0 Å². The summed E-state index contributed by atoms with van der Waals surface area (Å²) in [5.41, 5.74) is 1.12. The predicted octanol–water partition coefficient (Wildman–Crippen LogP) is 5.57. The second-order valence-corrected chi connectivity index (χ2v) is 7.84. The second-order valence-electron chi connectivity index (χ2n) is 6.84. The van der Waals surface area contributed by atoms with Crippen LogP contribution in [0.25, 0.3) is 10.8 Å². The monoisotopic (exact) mass is 439 g/mol. The van der Waals surface area contributed by atoms with Gasteiger partial charge in [-0.05, 0) is 57.2 Å². The number of benzene rings is 1. The molecule has 4 aromatic rings. The van der Waals surface area contributed by atoms with Crippen molar-refractivity contribution in [3.05, 3.63) is 76.1 Å². The van der Waals surface area contributed by atoms with Crippen LogP contribution in [0.15, 0.2) is 51.5 Å². The average molecular weight is 439 g/mol. The van der Waals surface area contributed by atoms with E-state index in [-0.39, 0.29) is 11.6 Å². The van der Waals surface area contributed by atoms with Gasteiger partial charge in [0, 0.05) is 5.69 Å². The molecule has 0 spiro atoms. The quantitative estimate of drug-likeness (QED) is 0.424. The van der Waals surface area contributed by atoms with Crippen LogP contribution in [0.4, 0.5) is 15.8 Å². The Morgan fingerprint density at radius 3 is 2.52 bits per heavy atom. The third-order valence-corrected chi connectivity index (χ3v) is 5.70. The van der Waals surface area contributed by atoms with E-state index in [1.165, 1.54) is 41.9 Å². The molecule has 4 rings (SSSR count). The molecule has 0 saturated carbocycles. The molecule has 7 nitrogen and oxygen atoms in total. The molecule has 2 amide bonds. The molecule has 1 aromatic carbocycles. The van der Waals surface area contributed by atoms with Gasteiger partial charge in [0.1, 0.15) is 22.2 Å². The van der Waals surface area contributed by atoms with Crippen molar-refractivity contribution in [2.45, 2.75) is 20.8 Å². The van der Waals surface area contributed by atoms with Gasteiger partial charge >= 0.3 is 0 Å². The van der Waals surface area contributed by atoms with E-state index in [1.54, 1.807) is 19.9 Å².